The van der Waals surface area contributed by atoms with E-state index < -0.39 is 5.97 Å². The van der Waals surface area contributed by atoms with E-state index in [-0.39, 0.29) is 12.2 Å². The maximum absolute atomic E-state index is 12.1. The van der Waals surface area contributed by atoms with Gasteiger partial charge in [-0.15, -0.1) is 11.8 Å². The predicted molar refractivity (Wildman–Crippen MR) is 94.6 cm³/mol. The summed E-state index contributed by atoms with van der Waals surface area (Å²) in [5.41, 5.74) is 1.57. The van der Waals surface area contributed by atoms with Crippen LogP contribution in [0.25, 0.3) is 6.08 Å². The van der Waals surface area contributed by atoms with Crippen molar-refractivity contribution in [3.05, 3.63) is 65.2 Å². The van der Waals surface area contributed by atoms with E-state index in [1.165, 1.54) is 6.08 Å². The van der Waals surface area contributed by atoms with Gasteiger partial charge in [0, 0.05) is 4.90 Å². The Kier molecular flexibility index (Phi) is 6.47. The predicted octanol–water partition coefficient (Wildman–Crippen LogP) is 4.07. The first kappa shape index (κ1) is 17.6. The van der Waals surface area contributed by atoms with Gasteiger partial charge in [0.15, 0.2) is 0 Å². The quantitative estimate of drug-likeness (QED) is 0.344. The number of nitriles is 1. The van der Waals surface area contributed by atoms with Gasteiger partial charge in [0.2, 0.25) is 0 Å². The van der Waals surface area contributed by atoms with E-state index in [2.05, 4.69) is 0 Å². The number of carbonyl (C=O) groups is 1. The number of esters is 1. The second-order valence-electron chi connectivity index (χ2n) is 4.87. The van der Waals surface area contributed by atoms with E-state index >= 15 is 0 Å². The lowest BCUT2D eigenvalue weighted by molar-refractivity contribution is -0.139. The summed E-state index contributed by atoms with van der Waals surface area (Å²) in [6.45, 7) is 0.134. The Morgan fingerprint density at radius 3 is 2.38 bits per heavy atom. The number of thioether (sulfide) groups is 1. The summed E-state index contributed by atoms with van der Waals surface area (Å²) in [4.78, 5) is 13.2. The fourth-order valence-corrected chi connectivity index (χ4v) is 2.36. The molecule has 0 aliphatic carbocycles. The van der Waals surface area contributed by atoms with Gasteiger partial charge in [-0.2, -0.15) is 5.26 Å². The van der Waals surface area contributed by atoms with Crippen LogP contribution in [0.5, 0.6) is 5.75 Å². The van der Waals surface area contributed by atoms with Crippen LogP contribution in [-0.2, 0) is 16.1 Å². The molecule has 0 saturated heterocycles. The molecule has 0 heterocycles. The van der Waals surface area contributed by atoms with Crippen molar-refractivity contribution in [1.29, 1.82) is 5.26 Å². The van der Waals surface area contributed by atoms with Crippen molar-refractivity contribution in [2.24, 2.45) is 0 Å². The van der Waals surface area contributed by atoms with Crippen LogP contribution in [0.15, 0.2) is 59.0 Å². The normalized spacial score (nSPS) is 10.8. The Labute approximate surface area is 145 Å². The molecule has 0 aliphatic rings. The zero-order valence-electron chi connectivity index (χ0n) is 13.5. The van der Waals surface area contributed by atoms with Gasteiger partial charge in [0.05, 0.1) is 7.11 Å². The van der Waals surface area contributed by atoms with Crippen LogP contribution >= 0.6 is 11.8 Å². The average molecular weight is 339 g/mol. The van der Waals surface area contributed by atoms with E-state index in [4.69, 9.17) is 9.47 Å². The monoisotopic (exact) mass is 339 g/mol. The first-order valence-corrected chi connectivity index (χ1v) is 8.44. The Hall–Kier alpha value is -2.71. The van der Waals surface area contributed by atoms with Crippen LogP contribution in [0.3, 0.4) is 0 Å². The van der Waals surface area contributed by atoms with E-state index in [9.17, 15) is 10.1 Å². The zero-order chi connectivity index (χ0) is 17.4. The zero-order valence-corrected chi connectivity index (χ0v) is 14.3. The second kappa shape index (κ2) is 8.80. The maximum atomic E-state index is 12.1. The number of nitrogens with zero attached hydrogens (tertiary/aromatic N) is 1. The molecule has 0 atom stereocenters. The fourth-order valence-electron chi connectivity index (χ4n) is 1.95. The lowest BCUT2D eigenvalue weighted by atomic mass is 10.1. The third kappa shape index (κ3) is 4.90. The van der Waals surface area contributed by atoms with Crippen LogP contribution < -0.4 is 4.74 Å². The van der Waals surface area contributed by atoms with Gasteiger partial charge >= 0.3 is 5.97 Å². The lowest BCUT2D eigenvalue weighted by Gasteiger charge is -2.05. The molecule has 0 saturated carbocycles. The van der Waals surface area contributed by atoms with E-state index in [0.717, 1.165) is 16.0 Å². The molecule has 4 nitrogen and oxygen atoms in total. The molecule has 2 aromatic rings. The number of ether oxygens (including phenoxy) is 2. The number of hydrogen-bond acceptors (Lipinski definition) is 5. The lowest BCUT2D eigenvalue weighted by Crippen LogP contribution is -2.06. The van der Waals surface area contributed by atoms with Gasteiger partial charge in [-0.05, 0) is 47.7 Å². The van der Waals surface area contributed by atoms with Gasteiger partial charge in [-0.1, -0.05) is 24.3 Å². The van der Waals surface area contributed by atoms with Gasteiger partial charge in [-0.25, -0.2) is 4.79 Å². The summed E-state index contributed by atoms with van der Waals surface area (Å²) >= 11 is 1.65. The van der Waals surface area contributed by atoms with Crippen LogP contribution in [0.4, 0.5) is 0 Å². The number of hydrogen-bond donors (Lipinski definition) is 0. The van der Waals surface area contributed by atoms with Crippen molar-refractivity contribution in [3.63, 3.8) is 0 Å². The highest BCUT2D eigenvalue weighted by atomic mass is 32.2. The standard InChI is InChI=1S/C19H17NO3S/c1-22-17-7-3-14(4-8-17)11-16(12-20)19(21)23-13-15-5-9-18(24-2)10-6-15/h3-11H,13H2,1-2H3/b16-11+. The minimum atomic E-state index is -0.637. The van der Waals surface area contributed by atoms with Crippen LogP contribution in [-0.4, -0.2) is 19.3 Å². The summed E-state index contributed by atoms with van der Waals surface area (Å²) in [6, 6.07) is 16.7. The van der Waals surface area contributed by atoms with Gasteiger partial charge < -0.3 is 9.47 Å². The van der Waals surface area contributed by atoms with Gasteiger partial charge in [0.25, 0.3) is 0 Å². The molecule has 0 radical (unpaired) electrons. The largest absolute Gasteiger partial charge is 0.497 e. The van der Waals surface area contributed by atoms with Crippen LogP contribution in [0, 0.1) is 11.3 Å². The first-order valence-electron chi connectivity index (χ1n) is 7.22. The first-order chi connectivity index (χ1) is 11.7. The number of methoxy groups -OCH3 is 1. The minimum Gasteiger partial charge on any atom is -0.497 e. The van der Waals surface area contributed by atoms with Crippen molar-refractivity contribution in [2.45, 2.75) is 11.5 Å². The molecule has 0 aliphatic heterocycles. The van der Waals surface area contributed by atoms with Crippen molar-refractivity contribution < 1.29 is 14.3 Å². The molecule has 0 N–H and O–H groups in total. The van der Waals surface area contributed by atoms with E-state index in [0.29, 0.717) is 5.75 Å². The molecular weight excluding hydrogens is 322 g/mol. The highest BCUT2D eigenvalue weighted by Gasteiger charge is 2.11. The Bertz CT molecular complexity index is 759. The molecule has 122 valence electrons. The third-order valence-corrected chi connectivity index (χ3v) is 4.04. The Morgan fingerprint density at radius 2 is 1.83 bits per heavy atom. The van der Waals surface area contributed by atoms with Crippen LogP contribution in [0.1, 0.15) is 11.1 Å². The smallest absolute Gasteiger partial charge is 0.349 e. The van der Waals surface area contributed by atoms with Crippen LogP contribution in [0.2, 0.25) is 0 Å². The molecule has 0 unspecified atom stereocenters. The minimum absolute atomic E-state index is 0.0408. The fraction of sp³-hybridized carbons (Fsp3) is 0.158. The summed E-state index contributed by atoms with van der Waals surface area (Å²) in [5, 5.41) is 9.18. The molecule has 0 spiro atoms. The summed E-state index contributed by atoms with van der Waals surface area (Å²) in [5.74, 6) is 0.0733. The molecule has 24 heavy (non-hydrogen) atoms. The molecular formula is C19H17NO3S. The van der Waals surface area contributed by atoms with Crippen molar-refractivity contribution in [1.82, 2.24) is 0 Å². The number of benzene rings is 2. The number of carbonyl (C=O) groups excluding carboxylic acids is 1. The molecule has 2 rings (SSSR count). The maximum Gasteiger partial charge on any atom is 0.349 e. The van der Waals surface area contributed by atoms with E-state index in [1.54, 1.807) is 43.1 Å². The summed E-state index contributed by atoms with van der Waals surface area (Å²) in [6.07, 6.45) is 3.50. The Morgan fingerprint density at radius 1 is 1.17 bits per heavy atom. The number of rotatable bonds is 6. The summed E-state index contributed by atoms with van der Waals surface area (Å²) < 4.78 is 10.3. The molecule has 2 aromatic carbocycles. The average Bonchev–Trinajstić information content (AvgIpc) is 2.65. The molecule has 0 fully saturated rings. The third-order valence-electron chi connectivity index (χ3n) is 3.30. The van der Waals surface area contributed by atoms with Crippen molar-refractivity contribution in [2.75, 3.05) is 13.4 Å². The molecule has 0 bridgehead atoms. The molecule has 0 amide bonds. The summed E-state index contributed by atoms with van der Waals surface area (Å²) in [7, 11) is 1.58. The molecule has 5 heteroatoms. The second-order valence-corrected chi connectivity index (χ2v) is 5.75. The van der Waals surface area contributed by atoms with Gasteiger partial charge in [-0.3, -0.25) is 0 Å². The van der Waals surface area contributed by atoms with Crippen molar-refractivity contribution >= 4 is 23.8 Å². The van der Waals surface area contributed by atoms with Crippen molar-refractivity contribution in [3.8, 4) is 11.8 Å². The molecule has 0 aromatic heterocycles. The van der Waals surface area contributed by atoms with Gasteiger partial charge in [0.1, 0.15) is 24.0 Å². The SMILES string of the molecule is COc1ccc(/C=C(\C#N)C(=O)OCc2ccc(SC)cc2)cc1. The topological polar surface area (TPSA) is 59.3 Å². The highest BCUT2D eigenvalue weighted by Crippen LogP contribution is 2.17. The van der Waals surface area contributed by atoms with E-state index in [1.807, 2.05) is 36.6 Å². The highest BCUT2D eigenvalue weighted by molar-refractivity contribution is 7.98. The Balaban J connectivity index is 2.02.